The molecule has 0 atom stereocenters. The summed E-state index contributed by atoms with van der Waals surface area (Å²) in [6, 6.07) is -0.0244. The first-order valence-electron chi connectivity index (χ1n) is 8.36. The molecule has 1 N–H and O–H groups in total. The van der Waals surface area contributed by atoms with E-state index in [1.807, 2.05) is 0 Å². The smallest absolute Gasteiger partial charge is 0.249 e. The molecule has 1 heterocycles. The van der Waals surface area contributed by atoms with Crippen molar-refractivity contribution in [2.45, 2.75) is 62.2 Å². The van der Waals surface area contributed by atoms with Crippen molar-refractivity contribution >= 4 is 15.9 Å². The normalized spacial score (nSPS) is 30.3. The molecule has 0 radical (unpaired) electrons. The molecule has 3 aliphatic carbocycles. The first kappa shape index (κ1) is 15.7. The number of sulfonamides is 1. The van der Waals surface area contributed by atoms with Crippen LogP contribution in [-0.4, -0.2) is 49.5 Å². The van der Waals surface area contributed by atoms with Crippen LogP contribution in [0.25, 0.3) is 0 Å². The number of halogens is 2. The van der Waals surface area contributed by atoms with Crippen LogP contribution in [0.5, 0.6) is 0 Å². The van der Waals surface area contributed by atoms with Gasteiger partial charge in [-0.2, -0.15) is 0 Å². The van der Waals surface area contributed by atoms with Crippen LogP contribution in [0.2, 0.25) is 0 Å². The van der Waals surface area contributed by atoms with Crippen LogP contribution < -0.4 is 4.72 Å². The highest BCUT2D eigenvalue weighted by molar-refractivity contribution is 7.90. The summed E-state index contributed by atoms with van der Waals surface area (Å²) >= 11 is 0. The van der Waals surface area contributed by atoms with E-state index in [2.05, 4.69) is 4.72 Å². The molecular weight excluding hydrogens is 326 g/mol. The van der Waals surface area contributed by atoms with Gasteiger partial charge >= 0.3 is 0 Å². The maximum atomic E-state index is 12.9. The monoisotopic (exact) mass is 348 g/mol. The minimum Gasteiger partial charge on any atom is -0.342 e. The first-order valence-corrected chi connectivity index (χ1v) is 9.91. The van der Waals surface area contributed by atoms with Crippen molar-refractivity contribution in [3.8, 4) is 0 Å². The second-order valence-corrected chi connectivity index (χ2v) is 9.93. The zero-order valence-electron chi connectivity index (χ0n) is 12.9. The van der Waals surface area contributed by atoms with Gasteiger partial charge in [0.15, 0.2) is 0 Å². The molecule has 130 valence electrons. The lowest BCUT2D eigenvalue weighted by atomic mass is 9.65. The van der Waals surface area contributed by atoms with E-state index in [9.17, 15) is 22.0 Å². The highest BCUT2D eigenvalue weighted by atomic mass is 32.2. The lowest BCUT2D eigenvalue weighted by molar-refractivity contribution is -0.159. The maximum Gasteiger partial charge on any atom is 0.249 e. The molecule has 1 saturated heterocycles. The fourth-order valence-electron chi connectivity index (χ4n) is 4.33. The van der Waals surface area contributed by atoms with Crippen LogP contribution in [0, 0.1) is 11.3 Å². The Morgan fingerprint density at radius 3 is 2.35 bits per heavy atom. The summed E-state index contributed by atoms with van der Waals surface area (Å²) in [6.45, 7) is 1.21. The van der Waals surface area contributed by atoms with Gasteiger partial charge < -0.3 is 4.90 Å². The van der Waals surface area contributed by atoms with Crippen molar-refractivity contribution < 1.29 is 22.0 Å². The number of hydrogen-bond donors (Lipinski definition) is 1. The van der Waals surface area contributed by atoms with E-state index in [1.54, 1.807) is 4.90 Å². The molecule has 3 saturated carbocycles. The van der Waals surface area contributed by atoms with Crippen molar-refractivity contribution in [1.82, 2.24) is 9.62 Å². The van der Waals surface area contributed by atoms with Crippen molar-refractivity contribution in [3.05, 3.63) is 0 Å². The summed E-state index contributed by atoms with van der Waals surface area (Å²) in [7, 11) is -3.16. The fourth-order valence-corrected chi connectivity index (χ4v) is 5.91. The van der Waals surface area contributed by atoms with Crippen molar-refractivity contribution in [1.29, 1.82) is 0 Å². The molecule has 0 unspecified atom stereocenters. The number of rotatable bonds is 4. The van der Waals surface area contributed by atoms with Gasteiger partial charge in [0.05, 0.1) is 5.25 Å². The SMILES string of the molecule is O=C(C1CC(F)(F)C1)N1CCC2(CC(NS(=O)(=O)C3CC3)C2)C1. The summed E-state index contributed by atoms with van der Waals surface area (Å²) in [6.07, 6.45) is 3.22. The summed E-state index contributed by atoms with van der Waals surface area (Å²) in [5, 5.41) is -0.207. The molecule has 0 aromatic carbocycles. The van der Waals surface area contributed by atoms with Crippen LogP contribution in [0.1, 0.15) is 44.9 Å². The van der Waals surface area contributed by atoms with Crippen molar-refractivity contribution in [3.63, 3.8) is 0 Å². The Kier molecular flexibility index (Phi) is 3.34. The van der Waals surface area contributed by atoms with Gasteiger partial charge in [-0.1, -0.05) is 0 Å². The Hall–Kier alpha value is -0.760. The topological polar surface area (TPSA) is 66.5 Å². The largest absolute Gasteiger partial charge is 0.342 e. The molecule has 4 aliphatic rings. The molecule has 0 bridgehead atoms. The second kappa shape index (κ2) is 4.88. The van der Waals surface area contributed by atoms with Gasteiger partial charge in [-0.15, -0.1) is 0 Å². The van der Waals surface area contributed by atoms with E-state index in [1.165, 1.54) is 0 Å². The zero-order chi connectivity index (χ0) is 16.5. The summed E-state index contributed by atoms with van der Waals surface area (Å²) in [4.78, 5) is 13.9. The Labute approximate surface area is 134 Å². The summed E-state index contributed by atoms with van der Waals surface area (Å²) in [5.74, 6) is -3.33. The second-order valence-electron chi connectivity index (χ2n) is 7.94. The minimum absolute atomic E-state index is 0.00133. The lowest BCUT2D eigenvalue weighted by Crippen LogP contribution is -2.53. The maximum absolute atomic E-state index is 12.9. The average Bonchev–Trinajstić information content (AvgIpc) is 3.16. The third-order valence-corrected chi connectivity index (χ3v) is 7.85. The van der Waals surface area contributed by atoms with Crippen LogP contribution >= 0.6 is 0 Å². The van der Waals surface area contributed by atoms with Crippen LogP contribution in [-0.2, 0) is 14.8 Å². The molecule has 1 spiro atoms. The number of nitrogens with zero attached hydrogens (tertiary/aromatic N) is 1. The number of amides is 1. The molecule has 23 heavy (non-hydrogen) atoms. The number of carbonyl (C=O) groups excluding carboxylic acids is 1. The number of likely N-dealkylation sites (tertiary alicyclic amines) is 1. The summed E-state index contributed by atoms with van der Waals surface area (Å²) < 4.78 is 52.4. The average molecular weight is 348 g/mol. The van der Waals surface area contributed by atoms with E-state index in [0.717, 1.165) is 32.1 Å². The van der Waals surface area contributed by atoms with Gasteiger partial charge in [-0.25, -0.2) is 21.9 Å². The first-order chi connectivity index (χ1) is 10.7. The number of alkyl halides is 2. The highest BCUT2D eigenvalue weighted by Gasteiger charge is 2.54. The quantitative estimate of drug-likeness (QED) is 0.837. The predicted molar refractivity (Wildman–Crippen MR) is 79.4 cm³/mol. The minimum atomic E-state index is -3.16. The van der Waals surface area contributed by atoms with Crippen molar-refractivity contribution in [2.24, 2.45) is 11.3 Å². The third-order valence-electron chi connectivity index (χ3n) is 5.84. The predicted octanol–water partition coefficient (Wildman–Crippen LogP) is 1.49. The van der Waals surface area contributed by atoms with E-state index in [-0.39, 0.29) is 35.5 Å². The highest BCUT2D eigenvalue weighted by Crippen LogP contribution is 2.50. The molecule has 4 fully saturated rings. The molecule has 8 heteroatoms. The molecule has 0 aromatic rings. The molecular formula is C15H22F2N2O3S. The van der Waals surface area contributed by atoms with Crippen LogP contribution in [0.15, 0.2) is 0 Å². The fraction of sp³-hybridized carbons (Fsp3) is 0.933. The number of nitrogens with one attached hydrogen (secondary N) is 1. The molecule has 1 amide bonds. The van der Waals surface area contributed by atoms with Gasteiger partial charge in [-0.05, 0) is 37.5 Å². The Morgan fingerprint density at radius 2 is 1.78 bits per heavy atom. The van der Waals surface area contributed by atoms with Gasteiger partial charge in [0.25, 0.3) is 0 Å². The molecule has 1 aliphatic heterocycles. The molecule has 0 aromatic heterocycles. The van der Waals surface area contributed by atoms with Gasteiger partial charge in [0, 0.05) is 37.9 Å². The van der Waals surface area contributed by atoms with E-state index in [0.29, 0.717) is 13.1 Å². The Balaban J connectivity index is 1.27. The third kappa shape index (κ3) is 2.88. The Morgan fingerprint density at radius 1 is 1.13 bits per heavy atom. The van der Waals surface area contributed by atoms with Crippen LogP contribution in [0.3, 0.4) is 0 Å². The van der Waals surface area contributed by atoms with Crippen molar-refractivity contribution in [2.75, 3.05) is 13.1 Å². The zero-order valence-corrected chi connectivity index (χ0v) is 13.7. The molecule has 5 nitrogen and oxygen atoms in total. The van der Waals surface area contributed by atoms with Gasteiger partial charge in [0.1, 0.15) is 0 Å². The summed E-state index contributed by atoms with van der Waals surface area (Å²) in [5.41, 5.74) is -0.00133. The van der Waals surface area contributed by atoms with Gasteiger partial charge in [-0.3, -0.25) is 4.79 Å². The standard InChI is InChI=1S/C15H22F2N2O3S/c16-15(17)5-10(6-15)13(20)19-4-3-14(9-19)7-11(8-14)18-23(21,22)12-1-2-12/h10-12,18H,1-9H2. The lowest BCUT2D eigenvalue weighted by Gasteiger charge is -2.45. The van der Waals surface area contributed by atoms with Gasteiger partial charge in [0.2, 0.25) is 21.9 Å². The van der Waals surface area contributed by atoms with E-state index in [4.69, 9.17) is 0 Å². The van der Waals surface area contributed by atoms with Crippen LogP contribution in [0.4, 0.5) is 8.78 Å². The Bertz CT molecular complexity index is 619. The number of hydrogen-bond acceptors (Lipinski definition) is 3. The van der Waals surface area contributed by atoms with E-state index < -0.39 is 21.9 Å². The van der Waals surface area contributed by atoms with E-state index >= 15 is 0 Å². The number of carbonyl (C=O) groups is 1. The molecule has 4 rings (SSSR count).